The number of piperazine rings is 1. The number of thiazole rings is 1. The first-order valence-corrected chi connectivity index (χ1v) is 14.4. The molecule has 198 valence electrons. The monoisotopic (exact) mass is 580 g/mol. The molecule has 6 rings (SSSR count). The third-order valence-corrected chi connectivity index (χ3v) is 8.62. The smallest absolute Gasteiger partial charge is 0.273 e. The van der Waals surface area contributed by atoms with E-state index in [0.717, 1.165) is 10.7 Å². The summed E-state index contributed by atoms with van der Waals surface area (Å²) in [5, 5.41) is 12.3. The van der Waals surface area contributed by atoms with Gasteiger partial charge in [-0.3, -0.25) is 9.36 Å². The number of thioether (sulfide) groups is 1. The molecule has 0 radical (unpaired) electrons. The topological polar surface area (TPSA) is 80.3 Å². The van der Waals surface area contributed by atoms with Crippen LogP contribution in [-0.4, -0.2) is 56.7 Å². The molecule has 0 spiro atoms. The number of hydrogen-bond acceptors (Lipinski definition) is 8. The zero-order chi connectivity index (χ0) is 26.8. The van der Waals surface area contributed by atoms with Gasteiger partial charge in [0.15, 0.2) is 10.9 Å². The van der Waals surface area contributed by atoms with E-state index in [0.29, 0.717) is 65.1 Å². The van der Waals surface area contributed by atoms with E-state index in [2.05, 4.69) is 20.1 Å². The Balaban J connectivity index is 1.14. The molecule has 12 heteroatoms. The standard InChI is InChI=1S/C27H22ClFN6O2S2/c28-18-6-1-3-8-21(18)33-11-13-34(14-12-33)26(36)20-16-38-24(30-20)17-39-27-32-31-25(23-10-5-15-37-23)35(27)22-9-4-2-7-19(22)29/h1-10,15-16H,11-14,17H2. The van der Waals surface area contributed by atoms with Gasteiger partial charge in [-0.15, -0.1) is 21.5 Å². The summed E-state index contributed by atoms with van der Waals surface area (Å²) < 4.78 is 21.9. The molecule has 0 bridgehead atoms. The van der Waals surface area contributed by atoms with Crippen molar-refractivity contribution in [2.75, 3.05) is 31.1 Å². The summed E-state index contributed by atoms with van der Waals surface area (Å²) in [6, 6.07) is 17.7. The average molecular weight is 581 g/mol. The third kappa shape index (κ3) is 5.29. The zero-order valence-corrected chi connectivity index (χ0v) is 22.9. The Morgan fingerprint density at radius 3 is 2.51 bits per heavy atom. The van der Waals surface area contributed by atoms with Crippen LogP contribution >= 0.6 is 34.7 Å². The van der Waals surface area contributed by atoms with Crippen LogP contribution in [0.5, 0.6) is 0 Å². The summed E-state index contributed by atoms with van der Waals surface area (Å²) in [6.45, 7) is 2.58. The Labute approximate surface area is 237 Å². The lowest BCUT2D eigenvalue weighted by Crippen LogP contribution is -2.49. The van der Waals surface area contributed by atoms with Gasteiger partial charge in [0.1, 0.15) is 16.5 Å². The van der Waals surface area contributed by atoms with Gasteiger partial charge in [0.05, 0.1) is 28.4 Å². The van der Waals surface area contributed by atoms with E-state index in [-0.39, 0.29) is 5.91 Å². The minimum Gasteiger partial charge on any atom is -0.461 e. The number of benzene rings is 2. The van der Waals surface area contributed by atoms with Gasteiger partial charge < -0.3 is 14.2 Å². The molecule has 1 aliphatic heterocycles. The minimum atomic E-state index is -0.399. The van der Waals surface area contributed by atoms with Crippen LogP contribution in [0.3, 0.4) is 0 Å². The van der Waals surface area contributed by atoms with Crippen molar-refractivity contribution in [3.8, 4) is 17.3 Å². The number of furan rings is 1. The van der Waals surface area contributed by atoms with Gasteiger partial charge in [-0.1, -0.05) is 47.6 Å². The molecule has 4 heterocycles. The van der Waals surface area contributed by atoms with Crippen molar-refractivity contribution in [2.24, 2.45) is 0 Å². The minimum absolute atomic E-state index is 0.0871. The van der Waals surface area contributed by atoms with Crippen molar-refractivity contribution in [1.82, 2.24) is 24.6 Å². The summed E-state index contributed by atoms with van der Waals surface area (Å²) in [5.41, 5.74) is 1.73. The molecule has 39 heavy (non-hydrogen) atoms. The molecular formula is C27H22ClFN6O2S2. The molecule has 0 atom stereocenters. The van der Waals surface area contributed by atoms with Crippen LogP contribution in [0.1, 0.15) is 15.5 Å². The molecule has 0 N–H and O–H groups in total. The molecular weight excluding hydrogens is 559 g/mol. The highest BCUT2D eigenvalue weighted by molar-refractivity contribution is 7.98. The van der Waals surface area contributed by atoms with Gasteiger partial charge in [0, 0.05) is 31.6 Å². The van der Waals surface area contributed by atoms with Gasteiger partial charge in [-0.05, 0) is 36.4 Å². The predicted octanol–water partition coefficient (Wildman–Crippen LogP) is 6.03. The zero-order valence-electron chi connectivity index (χ0n) is 20.5. The number of hydrogen-bond donors (Lipinski definition) is 0. The van der Waals surface area contributed by atoms with Crippen molar-refractivity contribution in [3.05, 3.63) is 93.8 Å². The van der Waals surface area contributed by atoms with Crippen molar-refractivity contribution in [2.45, 2.75) is 10.9 Å². The molecule has 1 aliphatic rings. The summed E-state index contributed by atoms with van der Waals surface area (Å²) in [6.07, 6.45) is 1.54. The molecule has 0 saturated carbocycles. The lowest BCUT2D eigenvalue weighted by atomic mass is 10.2. The molecule has 1 amide bonds. The first kappa shape index (κ1) is 25.6. The van der Waals surface area contributed by atoms with Crippen LogP contribution in [0, 0.1) is 5.82 Å². The number of para-hydroxylation sites is 2. The van der Waals surface area contributed by atoms with E-state index >= 15 is 0 Å². The quantitative estimate of drug-likeness (QED) is 0.217. The van der Waals surface area contributed by atoms with Crippen molar-refractivity contribution in [3.63, 3.8) is 0 Å². The number of carbonyl (C=O) groups is 1. The average Bonchev–Trinajstić information content (AvgIpc) is 3.73. The van der Waals surface area contributed by atoms with Gasteiger partial charge in [0.2, 0.25) is 5.82 Å². The first-order valence-electron chi connectivity index (χ1n) is 12.2. The lowest BCUT2D eigenvalue weighted by Gasteiger charge is -2.36. The summed E-state index contributed by atoms with van der Waals surface area (Å²) in [4.78, 5) is 21.8. The van der Waals surface area contributed by atoms with Gasteiger partial charge >= 0.3 is 0 Å². The van der Waals surface area contributed by atoms with Crippen LogP contribution in [0.2, 0.25) is 5.02 Å². The second-order valence-corrected chi connectivity index (χ2v) is 11.0. The second-order valence-electron chi connectivity index (χ2n) is 8.72. The highest BCUT2D eigenvalue weighted by Gasteiger charge is 2.25. The normalized spacial score (nSPS) is 13.7. The molecule has 1 saturated heterocycles. The van der Waals surface area contributed by atoms with E-state index in [1.54, 1.807) is 40.3 Å². The van der Waals surface area contributed by atoms with Crippen molar-refractivity contribution >= 4 is 46.3 Å². The highest BCUT2D eigenvalue weighted by atomic mass is 35.5. The number of rotatable bonds is 7. The fourth-order valence-corrected chi connectivity index (χ4v) is 6.39. The molecule has 3 aromatic heterocycles. The number of carbonyl (C=O) groups excluding carboxylic acids is 1. The van der Waals surface area contributed by atoms with E-state index < -0.39 is 5.82 Å². The third-order valence-electron chi connectivity index (χ3n) is 6.32. The van der Waals surface area contributed by atoms with E-state index in [1.807, 2.05) is 29.2 Å². The van der Waals surface area contributed by atoms with Crippen LogP contribution in [0.15, 0.2) is 81.9 Å². The first-order chi connectivity index (χ1) is 19.1. The molecule has 5 aromatic rings. The Morgan fingerprint density at radius 1 is 1.00 bits per heavy atom. The highest BCUT2D eigenvalue weighted by Crippen LogP contribution is 2.32. The lowest BCUT2D eigenvalue weighted by molar-refractivity contribution is 0.0741. The summed E-state index contributed by atoms with van der Waals surface area (Å²) >= 11 is 9.12. The fourth-order valence-electron chi connectivity index (χ4n) is 4.40. The Bertz CT molecular complexity index is 1600. The van der Waals surface area contributed by atoms with Gasteiger partial charge in [-0.2, -0.15) is 0 Å². The Morgan fingerprint density at radius 2 is 1.77 bits per heavy atom. The number of amides is 1. The fraction of sp³-hybridized carbons (Fsp3) is 0.185. The van der Waals surface area contributed by atoms with E-state index in [4.69, 9.17) is 16.0 Å². The predicted molar refractivity (Wildman–Crippen MR) is 150 cm³/mol. The number of nitrogens with zero attached hydrogens (tertiary/aromatic N) is 6. The van der Waals surface area contributed by atoms with Crippen molar-refractivity contribution < 1.29 is 13.6 Å². The van der Waals surface area contributed by atoms with Crippen molar-refractivity contribution in [1.29, 1.82) is 0 Å². The molecule has 1 fully saturated rings. The molecule has 2 aromatic carbocycles. The Kier molecular flexibility index (Phi) is 7.36. The maximum atomic E-state index is 14.7. The van der Waals surface area contributed by atoms with E-state index in [1.165, 1.54) is 35.4 Å². The second kappa shape index (κ2) is 11.2. The maximum Gasteiger partial charge on any atom is 0.273 e. The van der Waals surface area contributed by atoms with Crippen LogP contribution < -0.4 is 4.90 Å². The molecule has 0 unspecified atom stereocenters. The molecule has 8 nitrogen and oxygen atoms in total. The van der Waals surface area contributed by atoms with Crippen LogP contribution in [-0.2, 0) is 5.75 Å². The van der Waals surface area contributed by atoms with Gasteiger partial charge in [0.25, 0.3) is 5.91 Å². The summed E-state index contributed by atoms with van der Waals surface area (Å²) in [5.74, 6) is 0.843. The number of aromatic nitrogens is 4. The van der Waals surface area contributed by atoms with E-state index in [9.17, 15) is 9.18 Å². The SMILES string of the molecule is O=C(c1csc(CSc2nnc(-c3ccco3)n2-c2ccccc2F)n1)N1CCN(c2ccccc2Cl)CC1. The van der Waals surface area contributed by atoms with Crippen LogP contribution in [0.4, 0.5) is 10.1 Å². The maximum absolute atomic E-state index is 14.7. The summed E-state index contributed by atoms with van der Waals surface area (Å²) in [7, 11) is 0. The number of halogens is 2. The number of anilines is 1. The Hall–Kier alpha value is -3.67. The molecule has 0 aliphatic carbocycles. The van der Waals surface area contributed by atoms with Gasteiger partial charge in [-0.25, -0.2) is 9.37 Å². The largest absolute Gasteiger partial charge is 0.461 e. The van der Waals surface area contributed by atoms with Crippen LogP contribution in [0.25, 0.3) is 17.3 Å².